The summed E-state index contributed by atoms with van der Waals surface area (Å²) in [7, 11) is 1.32. The third-order valence-electron chi connectivity index (χ3n) is 4.16. The molecular formula is C23H19F3N2O4. The summed E-state index contributed by atoms with van der Waals surface area (Å²) in [6.07, 6.45) is 5.79. The molecule has 1 heterocycles. The number of carbonyl (C=O) groups is 1. The van der Waals surface area contributed by atoms with Crippen molar-refractivity contribution in [3.63, 3.8) is 0 Å². The number of benzene rings is 2. The minimum absolute atomic E-state index is 0.0428. The second-order valence-electron chi connectivity index (χ2n) is 6.40. The van der Waals surface area contributed by atoms with E-state index in [2.05, 4.69) is 15.0 Å². The number of rotatable bonds is 9. The van der Waals surface area contributed by atoms with Crippen LogP contribution in [0.5, 0.6) is 23.0 Å². The van der Waals surface area contributed by atoms with Crippen LogP contribution in [0.3, 0.4) is 0 Å². The molecule has 0 bridgehead atoms. The van der Waals surface area contributed by atoms with E-state index in [9.17, 15) is 18.0 Å². The molecule has 3 aromatic rings. The number of amides is 1. The Morgan fingerprint density at radius 3 is 2.62 bits per heavy atom. The predicted molar refractivity (Wildman–Crippen MR) is 111 cm³/mol. The summed E-state index contributed by atoms with van der Waals surface area (Å²) in [6.45, 7) is -2.88. The lowest BCUT2D eigenvalue weighted by Gasteiger charge is -2.10. The Morgan fingerprint density at radius 2 is 1.94 bits per heavy atom. The summed E-state index contributed by atoms with van der Waals surface area (Å²) in [6, 6.07) is 12.0. The molecule has 166 valence electrons. The highest BCUT2D eigenvalue weighted by molar-refractivity contribution is 5.91. The predicted octanol–water partition coefficient (Wildman–Crippen LogP) is 4.95. The summed E-state index contributed by atoms with van der Waals surface area (Å²) >= 11 is 0. The fourth-order valence-electron chi connectivity index (χ4n) is 2.67. The number of methoxy groups -OCH3 is 1. The Labute approximate surface area is 182 Å². The quantitative estimate of drug-likeness (QED) is 0.473. The van der Waals surface area contributed by atoms with Crippen LogP contribution in [-0.2, 0) is 11.3 Å². The topological polar surface area (TPSA) is 69.7 Å². The van der Waals surface area contributed by atoms with Gasteiger partial charge in [-0.2, -0.15) is 8.78 Å². The summed E-state index contributed by atoms with van der Waals surface area (Å²) in [5.41, 5.74) is 1.08. The first-order valence-electron chi connectivity index (χ1n) is 9.39. The Kier molecular flexibility index (Phi) is 7.69. The molecule has 0 aliphatic carbocycles. The molecule has 0 fully saturated rings. The summed E-state index contributed by atoms with van der Waals surface area (Å²) in [5.74, 6) is -0.550. The Bertz CT molecular complexity index is 1090. The van der Waals surface area contributed by atoms with E-state index >= 15 is 0 Å². The number of carbonyl (C=O) groups excluding carboxylic acids is 1. The van der Waals surface area contributed by atoms with Crippen LogP contribution in [0.25, 0.3) is 6.08 Å². The smallest absolute Gasteiger partial charge is 0.387 e. The molecule has 0 aliphatic heterocycles. The summed E-state index contributed by atoms with van der Waals surface area (Å²) < 4.78 is 53.8. The lowest BCUT2D eigenvalue weighted by atomic mass is 10.2. The molecule has 3 rings (SSSR count). The molecule has 0 unspecified atom stereocenters. The zero-order chi connectivity index (χ0) is 22.9. The zero-order valence-corrected chi connectivity index (χ0v) is 16.9. The number of nitrogens with one attached hydrogen (secondary N) is 1. The van der Waals surface area contributed by atoms with E-state index in [4.69, 9.17) is 9.47 Å². The molecular weight excluding hydrogens is 425 g/mol. The van der Waals surface area contributed by atoms with E-state index in [0.29, 0.717) is 16.9 Å². The Hall–Kier alpha value is -4.01. The van der Waals surface area contributed by atoms with Crippen LogP contribution in [0.1, 0.15) is 11.1 Å². The van der Waals surface area contributed by atoms with E-state index in [1.165, 1.54) is 55.8 Å². The zero-order valence-electron chi connectivity index (χ0n) is 16.9. The van der Waals surface area contributed by atoms with Crippen molar-refractivity contribution in [2.45, 2.75) is 13.2 Å². The maximum Gasteiger partial charge on any atom is 0.387 e. The highest BCUT2D eigenvalue weighted by atomic mass is 19.3. The molecule has 1 amide bonds. The third kappa shape index (κ3) is 6.49. The van der Waals surface area contributed by atoms with Gasteiger partial charge in [0.05, 0.1) is 13.3 Å². The first-order chi connectivity index (χ1) is 15.4. The van der Waals surface area contributed by atoms with Gasteiger partial charge in [0, 0.05) is 18.8 Å². The van der Waals surface area contributed by atoms with E-state index < -0.39 is 18.3 Å². The lowest BCUT2D eigenvalue weighted by molar-refractivity contribution is -0.116. The minimum Gasteiger partial charge on any atom is -0.493 e. The molecule has 6 nitrogen and oxygen atoms in total. The van der Waals surface area contributed by atoms with Gasteiger partial charge in [0.2, 0.25) is 5.91 Å². The van der Waals surface area contributed by atoms with Crippen LogP contribution < -0.4 is 19.5 Å². The van der Waals surface area contributed by atoms with Gasteiger partial charge in [-0.25, -0.2) is 4.39 Å². The molecule has 0 aliphatic rings. The monoisotopic (exact) mass is 444 g/mol. The SMILES string of the molecule is COc1cc(C=CC(=O)NCc2ccc(Oc3cccnc3)c(F)c2)ccc1OC(F)F. The summed E-state index contributed by atoms with van der Waals surface area (Å²) in [5, 5.41) is 2.63. The number of ether oxygens (including phenoxy) is 3. The average Bonchev–Trinajstić information content (AvgIpc) is 2.79. The van der Waals surface area contributed by atoms with Crippen LogP contribution >= 0.6 is 0 Å². The largest absolute Gasteiger partial charge is 0.493 e. The molecule has 0 saturated carbocycles. The number of nitrogens with zero attached hydrogens (tertiary/aromatic N) is 1. The van der Waals surface area contributed by atoms with Crippen molar-refractivity contribution in [2.24, 2.45) is 0 Å². The van der Waals surface area contributed by atoms with Gasteiger partial charge in [0.25, 0.3) is 0 Å². The second kappa shape index (κ2) is 10.9. The second-order valence-corrected chi connectivity index (χ2v) is 6.40. The van der Waals surface area contributed by atoms with Crippen LogP contribution in [0.4, 0.5) is 13.2 Å². The summed E-state index contributed by atoms with van der Waals surface area (Å²) in [4.78, 5) is 16.0. The third-order valence-corrected chi connectivity index (χ3v) is 4.16. The number of halogens is 3. The van der Waals surface area contributed by atoms with Gasteiger partial charge in [-0.15, -0.1) is 0 Å². The first kappa shape index (κ1) is 22.7. The van der Waals surface area contributed by atoms with E-state index in [-0.39, 0.29) is 23.8 Å². The molecule has 0 atom stereocenters. The average molecular weight is 444 g/mol. The van der Waals surface area contributed by atoms with Crippen molar-refractivity contribution >= 4 is 12.0 Å². The fraction of sp³-hybridized carbons (Fsp3) is 0.130. The molecule has 1 aromatic heterocycles. The molecule has 0 spiro atoms. The Morgan fingerprint density at radius 1 is 1.12 bits per heavy atom. The standard InChI is InChI=1S/C23H19F3N2O4/c1-30-21-12-15(4-8-20(21)32-23(25)26)6-9-22(29)28-13-16-5-7-19(18(24)11-16)31-17-3-2-10-27-14-17/h2-12,14,23H,13H2,1H3,(H,28,29). The molecule has 9 heteroatoms. The van der Waals surface area contributed by atoms with Crippen molar-refractivity contribution < 1.29 is 32.2 Å². The maximum atomic E-state index is 14.3. The van der Waals surface area contributed by atoms with Crippen LogP contribution in [-0.4, -0.2) is 24.6 Å². The van der Waals surface area contributed by atoms with E-state index in [1.54, 1.807) is 24.4 Å². The van der Waals surface area contributed by atoms with Crippen molar-refractivity contribution in [3.8, 4) is 23.0 Å². The fourth-order valence-corrected chi connectivity index (χ4v) is 2.67. The van der Waals surface area contributed by atoms with Gasteiger partial charge in [-0.3, -0.25) is 9.78 Å². The van der Waals surface area contributed by atoms with Crippen LogP contribution in [0, 0.1) is 5.82 Å². The van der Waals surface area contributed by atoms with Crippen LogP contribution in [0.15, 0.2) is 67.0 Å². The number of hydrogen-bond acceptors (Lipinski definition) is 5. The van der Waals surface area contributed by atoms with Gasteiger partial charge < -0.3 is 19.5 Å². The van der Waals surface area contributed by atoms with Gasteiger partial charge in [-0.05, 0) is 53.6 Å². The van der Waals surface area contributed by atoms with Gasteiger partial charge in [0.1, 0.15) is 5.75 Å². The minimum atomic E-state index is -2.98. The van der Waals surface area contributed by atoms with Crippen LogP contribution in [0.2, 0.25) is 0 Å². The maximum absolute atomic E-state index is 14.3. The first-order valence-corrected chi connectivity index (χ1v) is 9.39. The molecule has 0 radical (unpaired) electrons. The molecule has 32 heavy (non-hydrogen) atoms. The number of pyridine rings is 1. The number of aromatic nitrogens is 1. The number of alkyl halides is 2. The van der Waals surface area contributed by atoms with E-state index in [0.717, 1.165) is 0 Å². The van der Waals surface area contributed by atoms with Crippen molar-refractivity contribution in [2.75, 3.05) is 7.11 Å². The molecule has 1 N–H and O–H groups in total. The van der Waals surface area contributed by atoms with Gasteiger partial charge >= 0.3 is 6.61 Å². The van der Waals surface area contributed by atoms with Crippen molar-refractivity contribution in [1.29, 1.82) is 0 Å². The van der Waals surface area contributed by atoms with Gasteiger partial charge in [-0.1, -0.05) is 12.1 Å². The van der Waals surface area contributed by atoms with Crippen molar-refractivity contribution in [3.05, 3.63) is 83.9 Å². The molecule has 0 saturated heterocycles. The normalized spacial score (nSPS) is 10.9. The highest BCUT2D eigenvalue weighted by Gasteiger charge is 2.11. The Balaban J connectivity index is 1.56. The number of hydrogen-bond donors (Lipinski definition) is 1. The highest BCUT2D eigenvalue weighted by Crippen LogP contribution is 2.30. The van der Waals surface area contributed by atoms with Gasteiger partial charge in [0.15, 0.2) is 23.1 Å². The van der Waals surface area contributed by atoms with E-state index in [1.807, 2.05) is 0 Å². The van der Waals surface area contributed by atoms with Crippen molar-refractivity contribution in [1.82, 2.24) is 10.3 Å². The molecule has 2 aromatic carbocycles. The lowest BCUT2D eigenvalue weighted by Crippen LogP contribution is -2.20.